The SMILES string of the molecule is CCCCCNC(CC(=O)c1ccccc1)c1ccccc1. The maximum Gasteiger partial charge on any atom is 0.164 e. The number of rotatable bonds is 9. The van der Waals surface area contributed by atoms with Gasteiger partial charge in [0, 0.05) is 18.0 Å². The minimum Gasteiger partial charge on any atom is -0.310 e. The second-order valence-electron chi connectivity index (χ2n) is 5.62. The monoisotopic (exact) mass is 295 g/mol. The van der Waals surface area contributed by atoms with Gasteiger partial charge in [-0.3, -0.25) is 4.79 Å². The summed E-state index contributed by atoms with van der Waals surface area (Å²) in [7, 11) is 0. The first-order valence-corrected chi connectivity index (χ1v) is 8.18. The first-order valence-electron chi connectivity index (χ1n) is 8.18. The lowest BCUT2D eigenvalue weighted by Gasteiger charge is -2.19. The van der Waals surface area contributed by atoms with Crippen molar-refractivity contribution >= 4 is 5.78 Å². The average molecular weight is 295 g/mol. The summed E-state index contributed by atoms with van der Waals surface area (Å²) in [6, 6.07) is 19.9. The molecule has 0 saturated heterocycles. The molecule has 1 unspecified atom stereocenters. The lowest BCUT2D eigenvalue weighted by atomic mass is 9.97. The third kappa shape index (κ3) is 5.12. The average Bonchev–Trinajstić information content (AvgIpc) is 2.59. The van der Waals surface area contributed by atoms with Crippen LogP contribution in [0.3, 0.4) is 0 Å². The van der Waals surface area contributed by atoms with E-state index in [1.165, 1.54) is 18.4 Å². The van der Waals surface area contributed by atoms with Crippen LogP contribution in [0.2, 0.25) is 0 Å². The van der Waals surface area contributed by atoms with E-state index in [2.05, 4.69) is 24.4 Å². The second kappa shape index (κ2) is 9.16. The molecule has 1 N–H and O–H groups in total. The van der Waals surface area contributed by atoms with Crippen LogP contribution < -0.4 is 5.32 Å². The number of carbonyl (C=O) groups excluding carboxylic acids is 1. The van der Waals surface area contributed by atoms with E-state index in [9.17, 15) is 4.79 Å². The van der Waals surface area contributed by atoms with E-state index in [-0.39, 0.29) is 11.8 Å². The van der Waals surface area contributed by atoms with E-state index in [1.54, 1.807) is 0 Å². The molecule has 0 aromatic heterocycles. The molecule has 2 aromatic rings. The third-order valence-electron chi connectivity index (χ3n) is 3.86. The Kier molecular flexibility index (Phi) is 6.85. The fraction of sp³-hybridized carbons (Fsp3) is 0.350. The summed E-state index contributed by atoms with van der Waals surface area (Å²) in [6.45, 7) is 3.16. The molecule has 0 radical (unpaired) electrons. The van der Waals surface area contributed by atoms with Gasteiger partial charge in [-0.1, -0.05) is 80.4 Å². The van der Waals surface area contributed by atoms with Crippen molar-refractivity contribution in [3.05, 3.63) is 71.8 Å². The molecule has 22 heavy (non-hydrogen) atoms. The Bertz CT molecular complexity index is 550. The first kappa shape index (κ1) is 16.4. The van der Waals surface area contributed by atoms with Gasteiger partial charge < -0.3 is 5.32 Å². The van der Waals surface area contributed by atoms with E-state index in [0.29, 0.717) is 6.42 Å². The largest absolute Gasteiger partial charge is 0.310 e. The summed E-state index contributed by atoms with van der Waals surface area (Å²) in [6.07, 6.45) is 4.08. The zero-order chi connectivity index (χ0) is 15.6. The Morgan fingerprint density at radius 2 is 1.59 bits per heavy atom. The first-order chi connectivity index (χ1) is 10.8. The molecular weight excluding hydrogens is 270 g/mol. The number of hydrogen-bond donors (Lipinski definition) is 1. The number of Topliss-reactive ketones (excluding diaryl/α,β-unsaturated/α-hetero) is 1. The van der Waals surface area contributed by atoms with Crippen molar-refractivity contribution in [2.24, 2.45) is 0 Å². The van der Waals surface area contributed by atoms with Crippen LogP contribution in [0.15, 0.2) is 60.7 Å². The van der Waals surface area contributed by atoms with E-state index in [0.717, 1.165) is 18.5 Å². The van der Waals surface area contributed by atoms with Crippen LogP contribution in [-0.4, -0.2) is 12.3 Å². The third-order valence-corrected chi connectivity index (χ3v) is 3.86. The molecule has 2 heteroatoms. The molecule has 0 fully saturated rings. The van der Waals surface area contributed by atoms with Crippen LogP contribution in [0, 0.1) is 0 Å². The topological polar surface area (TPSA) is 29.1 Å². The smallest absolute Gasteiger partial charge is 0.164 e. The number of hydrogen-bond acceptors (Lipinski definition) is 2. The minimum absolute atomic E-state index is 0.0887. The normalized spacial score (nSPS) is 12.0. The van der Waals surface area contributed by atoms with Crippen molar-refractivity contribution in [1.82, 2.24) is 5.32 Å². The van der Waals surface area contributed by atoms with Crippen LogP contribution in [0.4, 0.5) is 0 Å². The molecule has 0 heterocycles. The highest BCUT2D eigenvalue weighted by atomic mass is 16.1. The fourth-order valence-electron chi connectivity index (χ4n) is 2.57. The molecule has 2 rings (SSSR count). The number of benzene rings is 2. The van der Waals surface area contributed by atoms with Gasteiger partial charge >= 0.3 is 0 Å². The molecule has 0 aliphatic carbocycles. The van der Waals surface area contributed by atoms with E-state index >= 15 is 0 Å². The van der Waals surface area contributed by atoms with Gasteiger partial charge in [0.1, 0.15) is 0 Å². The molecule has 0 amide bonds. The summed E-state index contributed by atoms with van der Waals surface area (Å²) in [5.41, 5.74) is 1.97. The Balaban J connectivity index is 2.02. The zero-order valence-corrected chi connectivity index (χ0v) is 13.3. The summed E-state index contributed by atoms with van der Waals surface area (Å²) in [5.74, 6) is 0.192. The zero-order valence-electron chi connectivity index (χ0n) is 13.3. The van der Waals surface area contributed by atoms with Crippen molar-refractivity contribution in [2.45, 2.75) is 38.6 Å². The van der Waals surface area contributed by atoms with E-state index < -0.39 is 0 Å². The standard InChI is InChI=1S/C20H25NO/c1-2-3-10-15-21-19(17-11-6-4-7-12-17)16-20(22)18-13-8-5-9-14-18/h4-9,11-14,19,21H,2-3,10,15-16H2,1H3. The predicted octanol–water partition coefficient (Wildman–Crippen LogP) is 4.78. The molecule has 0 spiro atoms. The van der Waals surface area contributed by atoms with Crippen LogP contribution in [0.25, 0.3) is 0 Å². The number of carbonyl (C=O) groups is 1. The minimum atomic E-state index is 0.0887. The highest BCUT2D eigenvalue weighted by Crippen LogP contribution is 2.19. The van der Waals surface area contributed by atoms with Gasteiger partial charge in [-0.05, 0) is 18.5 Å². The Morgan fingerprint density at radius 3 is 2.23 bits per heavy atom. The van der Waals surface area contributed by atoms with Gasteiger partial charge in [-0.25, -0.2) is 0 Å². The van der Waals surface area contributed by atoms with Crippen LogP contribution >= 0.6 is 0 Å². The van der Waals surface area contributed by atoms with Gasteiger partial charge in [0.15, 0.2) is 5.78 Å². The summed E-state index contributed by atoms with van der Waals surface area (Å²) >= 11 is 0. The van der Waals surface area contributed by atoms with Crippen molar-refractivity contribution in [2.75, 3.05) is 6.54 Å². The van der Waals surface area contributed by atoms with Crippen molar-refractivity contribution < 1.29 is 4.79 Å². The maximum absolute atomic E-state index is 12.5. The molecule has 2 nitrogen and oxygen atoms in total. The van der Waals surface area contributed by atoms with Crippen LogP contribution in [0.1, 0.15) is 54.6 Å². The van der Waals surface area contributed by atoms with Gasteiger partial charge in [-0.2, -0.15) is 0 Å². The van der Waals surface area contributed by atoms with E-state index in [1.807, 2.05) is 48.5 Å². The lowest BCUT2D eigenvalue weighted by Crippen LogP contribution is -2.25. The molecule has 1 atom stereocenters. The highest BCUT2D eigenvalue weighted by Gasteiger charge is 2.16. The highest BCUT2D eigenvalue weighted by molar-refractivity contribution is 5.96. The molecule has 0 bridgehead atoms. The molecule has 0 saturated carbocycles. The van der Waals surface area contributed by atoms with Crippen molar-refractivity contribution in [3.63, 3.8) is 0 Å². The van der Waals surface area contributed by atoms with Crippen molar-refractivity contribution in [1.29, 1.82) is 0 Å². The summed E-state index contributed by atoms with van der Waals surface area (Å²) in [4.78, 5) is 12.5. The second-order valence-corrected chi connectivity index (χ2v) is 5.62. The molecule has 0 aliphatic heterocycles. The number of nitrogens with one attached hydrogen (secondary N) is 1. The predicted molar refractivity (Wildman–Crippen MR) is 92.1 cm³/mol. The lowest BCUT2D eigenvalue weighted by molar-refractivity contribution is 0.0968. The van der Waals surface area contributed by atoms with Gasteiger partial charge in [0.25, 0.3) is 0 Å². The molecular formula is C20H25NO. The Hall–Kier alpha value is -1.93. The molecule has 116 valence electrons. The fourth-order valence-corrected chi connectivity index (χ4v) is 2.57. The number of unbranched alkanes of at least 4 members (excludes halogenated alkanes) is 2. The summed E-state index contributed by atoms with van der Waals surface area (Å²) in [5, 5.41) is 3.55. The summed E-state index contributed by atoms with van der Waals surface area (Å²) < 4.78 is 0. The Morgan fingerprint density at radius 1 is 0.955 bits per heavy atom. The van der Waals surface area contributed by atoms with E-state index in [4.69, 9.17) is 0 Å². The number of ketones is 1. The maximum atomic E-state index is 12.5. The Labute approximate surface area is 133 Å². The van der Waals surface area contributed by atoms with Gasteiger partial charge in [0.05, 0.1) is 0 Å². The van der Waals surface area contributed by atoms with Crippen LogP contribution in [-0.2, 0) is 0 Å². The van der Waals surface area contributed by atoms with Crippen LogP contribution in [0.5, 0.6) is 0 Å². The molecule has 0 aliphatic rings. The molecule has 2 aromatic carbocycles. The van der Waals surface area contributed by atoms with Gasteiger partial charge in [0.2, 0.25) is 0 Å². The quantitative estimate of drug-likeness (QED) is 0.533. The van der Waals surface area contributed by atoms with Crippen molar-refractivity contribution in [3.8, 4) is 0 Å². The van der Waals surface area contributed by atoms with Gasteiger partial charge in [-0.15, -0.1) is 0 Å².